The van der Waals surface area contributed by atoms with Gasteiger partial charge in [-0.2, -0.15) is 0 Å². The quantitative estimate of drug-likeness (QED) is 0.857. The van der Waals surface area contributed by atoms with Crippen LogP contribution in [0.5, 0.6) is 0 Å². The summed E-state index contributed by atoms with van der Waals surface area (Å²) in [7, 11) is 0. The Bertz CT molecular complexity index is 862. The molecule has 128 valence electrons. The van der Waals surface area contributed by atoms with E-state index in [1.807, 2.05) is 44.2 Å². The molecule has 0 spiro atoms. The number of aliphatic imine (C=N–C) groups is 1. The summed E-state index contributed by atoms with van der Waals surface area (Å²) in [5.74, 6) is -1.83. The number of anilines is 1. The Labute approximate surface area is 150 Å². The lowest BCUT2D eigenvalue weighted by Gasteiger charge is -2.28. The maximum absolute atomic E-state index is 12.9. The monoisotopic (exact) mass is 356 g/mol. The summed E-state index contributed by atoms with van der Waals surface area (Å²) in [5.41, 5.74) is 2.43. The summed E-state index contributed by atoms with van der Waals surface area (Å²) < 4.78 is 0. The van der Waals surface area contributed by atoms with Gasteiger partial charge in [-0.15, -0.1) is 0 Å². The summed E-state index contributed by atoms with van der Waals surface area (Å²) in [4.78, 5) is 30.3. The number of carboxylic acids is 1. The maximum Gasteiger partial charge on any atom is 0.338 e. The normalized spacial score (nSPS) is 17.1. The Morgan fingerprint density at radius 1 is 1.20 bits per heavy atom. The van der Waals surface area contributed by atoms with Gasteiger partial charge in [-0.3, -0.25) is 9.79 Å². The Morgan fingerprint density at radius 3 is 2.48 bits per heavy atom. The van der Waals surface area contributed by atoms with Gasteiger partial charge in [0.25, 0.3) is 5.91 Å². The maximum atomic E-state index is 12.9. The van der Waals surface area contributed by atoms with Crippen LogP contribution in [0.2, 0.25) is 5.02 Å². The van der Waals surface area contributed by atoms with Crippen molar-refractivity contribution in [2.45, 2.75) is 25.9 Å². The molecule has 1 aliphatic rings. The van der Waals surface area contributed by atoms with Crippen molar-refractivity contribution >= 4 is 34.9 Å². The van der Waals surface area contributed by atoms with E-state index in [0.717, 1.165) is 5.56 Å². The van der Waals surface area contributed by atoms with Crippen LogP contribution < -0.4 is 4.90 Å². The molecule has 1 heterocycles. The molecule has 1 amide bonds. The van der Waals surface area contributed by atoms with Gasteiger partial charge in [0.15, 0.2) is 0 Å². The number of rotatable bonds is 3. The number of carbonyl (C=O) groups excluding carboxylic acids is 1. The lowest BCUT2D eigenvalue weighted by atomic mass is 10.00. The third kappa shape index (κ3) is 3.15. The van der Waals surface area contributed by atoms with Gasteiger partial charge in [0.05, 0.1) is 11.4 Å². The largest absolute Gasteiger partial charge is 0.479 e. The second-order valence-corrected chi connectivity index (χ2v) is 6.48. The van der Waals surface area contributed by atoms with E-state index in [0.29, 0.717) is 22.0 Å². The highest BCUT2D eigenvalue weighted by Crippen LogP contribution is 2.32. The van der Waals surface area contributed by atoms with E-state index in [1.165, 1.54) is 4.90 Å². The molecule has 5 nitrogen and oxygen atoms in total. The fraction of sp³-hybridized carbons (Fsp3) is 0.211. The average Bonchev–Trinajstić information content (AvgIpc) is 2.69. The zero-order chi connectivity index (χ0) is 18.1. The molecule has 25 heavy (non-hydrogen) atoms. The van der Waals surface area contributed by atoms with Crippen LogP contribution in [0.1, 0.15) is 25.0 Å². The Morgan fingerprint density at radius 2 is 1.88 bits per heavy atom. The van der Waals surface area contributed by atoms with Crippen LogP contribution in [-0.4, -0.2) is 34.8 Å². The van der Waals surface area contributed by atoms with Gasteiger partial charge in [0, 0.05) is 22.2 Å². The Balaban J connectivity index is 2.33. The molecule has 0 fully saturated rings. The highest BCUT2D eigenvalue weighted by molar-refractivity contribution is 6.32. The van der Waals surface area contributed by atoms with E-state index in [4.69, 9.17) is 11.6 Å². The first-order chi connectivity index (χ1) is 11.9. The predicted molar refractivity (Wildman–Crippen MR) is 97.6 cm³/mol. The van der Waals surface area contributed by atoms with Crippen molar-refractivity contribution in [3.05, 3.63) is 64.7 Å². The van der Waals surface area contributed by atoms with Crippen LogP contribution in [0.4, 0.5) is 5.69 Å². The number of fused-ring (bicyclic) bond motifs is 1. The first kappa shape index (κ1) is 17.2. The second-order valence-electron chi connectivity index (χ2n) is 6.05. The molecule has 1 aliphatic heterocycles. The molecule has 1 unspecified atom stereocenters. The first-order valence-corrected chi connectivity index (χ1v) is 8.27. The first-order valence-electron chi connectivity index (χ1n) is 7.89. The van der Waals surface area contributed by atoms with Crippen LogP contribution in [-0.2, 0) is 9.59 Å². The fourth-order valence-electron chi connectivity index (χ4n) is 2.93. The smallest absolute Gasteiger partial charge is 0.338 e. The molecule has 0 aliphatic carbocycles. The van der Waals surface area contributed by atoms with E-state index in [2.05, 4.69) is 4.99 Å². The van der Waals surface area contributed by atoms with Crippen molar-refractivity contribution < 1.29 is 14.7 Å². The standard InChI is InChI=1S/C19H17ClN2O3/c1-11(2)22-15-9-8-13(20)10-14(15)16(12-6-4-3-5-7-12)21-17(18(22)23)19(24)25/h3-11,17H,1-2H3,(H,24,25). The van der Waals surface area contributed by atoms with Crippen molar-refractivity contribution in [2.24, 2.45) is 4.99 Å². The number of carbonyl (C=O) groups is 2. The number of benzodiazepines with no additional fused rings is 1. The topological polar surface area (TPSA) is 70.0 Å². The molecule has 1 N–H and O–H groups in total. The molecular weight excluding hydrogens is 340 g/mol. The predicted octanol–water partition coefficient (Wildman–Crippen LogP) is 3.39. The number of amides is 1. The summed E-state index contributed by atoms with van der Waals surface area (Å²) in [6.45, 7) is 3.67. The molecule has 0 radical (unpaired) electrons. The van der Waals surface area contributed by atoms with Gasteiger partial charge in [0.2, 0.25) is 6.04 Å². The Hall–Kier alpha value is -2.66. The second kappa shape index (κ2) is 6.69. The molecular formula is C19H17ClN2O3. The highest BCUT2D eigenvalue weighted by Gasteiger charge is 2.37. The molecule has 0 saturated carbocycles. The zero-order valence-corrected chi connectivity index (χ0v) is 14.6. The highest BCUT2D eigenvalue weighted by atomic mass is 35.5. The van der Waals surface area contributed by atoms with Crippen LogP contribution in [0.25, 0.3) is 0 Å². The number of hydrogen-bond donors (Lipinski definition) is 1. The van der Waals surface area contributed by atoms with E-state index in [9.17, 15) is 14.7 Å². The average molecular weight is 357 g/mol. The molecule has 2 aromatic carbocycles. The minimum Gasteiger partial charge on any atom is -0.479 e. The fourth-order valence-corrected chi connectivity index (χ4v) is 3.10. The molecule has 6 heteroatoms. The summed E-state index contributed by atoms with van der Waals surface area (Å²) in [6, 6.07) is 12.6. The van der Waals surface area contributed by atoms with Gasteiger partial charge in [-0.05, 0) is 32.0 Å². The third-order valence-corrected chi connectivity index (χ3v) is 4.24. The summed E-state index contributed by atoms with van der Waals surface area (Å²) in [6.07, 6.45) is 0. The zero-order valence-electron chi connectivity index (χ0n) is 13.8. The molecule has 0 bridgehead atoms. The number of hydrogen-bond acceptors (Lipinski definition) is 3. The minimum absolute atomic E-state index is 0.223. The lowest BCUT2D eigenvalue weighted by Crippen LogP contribution is -2.45. The van der Waals surface area contributed by atoms with Crippen molar-refractivity contribution in [1.82, 2.24) is 0 Å². The third-order valence-electron chi connectivity index (χ3n) is 4.00. The molecule has 1 atom stereocenters. The van der Waals surface area contributed by atoms with Gasteiger partial charge < -0.3 is 10.0 Å². The van der Waals surface area contributed by atoms with Gasteiger partial charge in [-0.25, -0.2) is 4.79 Å². The van der Waals surface area contributed by atoms with E-state index >= 15 is 0 Å². The minimum atomic E-state index is -1.50. The number of aliphatic carboxylic acids is 1. The van der Waals surface area contributed by atoms with E-state index in [-0.39, 0.29) is 6.04 Å². The number of halogens is 1. The molecule has 0 saturated heterocycles. The number of nitrogens with zero attached hydrogens (tertiary/aromatic N) is 2. The van der Waals surface area contributed by atoms with Crippen LogP contribution in [0.15, 0.2) is 53.5 Å². The molecule has 2 aromatic rings. The van der Waals surface area contributed by atoms with Crippen molar-refractivity contribution in [3.63, 3.8) is 0 Å². The van der Waals surface area contributed by atoms with E-state index in [1.54, 1.807) is 18.2 Å². The summed E-state index contributed by atoms with van der Waals surface area (Å²) >= 11 is 6.17. The molecule has 0 aromatic heterocycles. The number of benzene rings is 2. The molecule has 3 rings (SSSR count). The van der Waals surface area contributed by atoms with Gasteiger partial charge in [-0.1, -0.05) is 41.9 Å². The van der Waals surface area contributed by atoms with Crippen LogP contribution in [0, 0.1) is 0 Å². The van der Waals surface area contributed by atoms with Crippen LogP contribution in [0.3, 0.4) is 0 Å². The van der Waals surface area contributed by atoms with Crippen molar-refractivity contribution in [3.8, 4) is 0 Å². The summed E-state index contributed by atoms with van der Waals surface area (Å²) in [5, 5.41) is 10.0. The van der Waals surface area contributed by atoms with Gasteiger partial charge >= 0.3 is 5.97 Å². The van der Waals surface area contributed by atoms with Crippen molar-refractivity contribution in [2.75, 3.05) is 4.90 Å². The number of carboxylic acid groups (broad SMARTS) is 1. The van der Waals surface area contributed by atoms with Gasteiger partial charge in [0.1, 0.15) is 0 Å². The van der Waals surface area contributed by atoms with Crippen molar-refractivity contribution in [1.29, 1.82) is 0 Å². The SMILES string of the molecule is CC(C)N1C(=O)C(C(=O)O)N=C(c2ccccc2)c2cc(Cl)ccc21. The van der Waals surface area contributed by atoms with E-state index < -0.39 is 17.9 Å². The lowest BCUT2D eigenvalue weighted by molar-refractivity contribution is -0.142. The Kier molecular flexibility index (Phi) is 4.59. The van der Waals surface area contributed by atoms with Crippen LogP contribution >= 0.6 is 11.6 Å².